The Labute approximate surface area is 144 Å². The second kappa shape index (κ2) is 13.6. The van der Waals surface area contributed by atoms with E-state index in [-0.39, 0.29) is 12.6 Å². The predicted molar refractivity (Wildman–Crippen MR) is 92.3 cm³/mol. The summed E-state index contributed by atoms with van der Waals surface area (Å²) in [6, 6.07) is 0. The zero-order chi connectivity index (χ0) is 17.5. The number of cyclic esters (lactones) is 1. The molecule has 24 heavy (non-hydrogen) atoms. The summed E-state index contributed by atoms with van der Waals surface area (Å²) >= 11 is 0. The molecule has 1 heterocycles. The third kappa shape index (κ3) is 10.8. The van der Waals surface area contributed by atoms with E-state index >= 15 is 0 Å². The lowest BCUT2D eigenvalue weighted by Crippen LogP contribution is -2.40. The van der Waals surface area contributed by atoms with E-state index in [2.05, 4.69) is 22.8 Å². The topological polar surface area (TPSA) is 84.5 Å². The summed E-state index contributed by atoms with van der Waals surface area (Å²) in [4.78, 5) is 34.6. The van der Waals surface area contributed by atoms with Gasteiger partial charge in [-0.05, 0) is 44.9 Å². The molecule has 1 rings (SSSR count). The average molecular weight is 338 g/mol. The van der Waals surface area contributed by atoms with Crippen LogP contribution in [0.4, 0.5) is 0 Å². The van der Waals surface area contributed by atoms with Crippen LogP contribution in [0.25, 0.3) is 0 Å². The molecule has 6 heteroatoms. The molecule has 0 aromatic heterocycles. The minimum absolute atomic E-state index is 0.190. The monoisotopic (exact) mass is 338 g/mol. The second-order valence-electron chi connectivity index (χ2n) is 6.01. The number of hydrogen-bond donors (Lipinski definition) is 2. The normalized spacial score (nSPS) is 22.4. The van der Waals surface area contributed by atoms with Gasteiger partial charge in [0.2, 0.25) is 0 Å². The van der Waals surface area contributed by atoms with Gasteiger partial charge in [0.05, 0.1) is 6.61 Å². The fraction of sp³-hybridized carbons (Fsp3) is 0.722. The van der Waals surface area contributed by atoms with Crippen LogP contribution in [0.5, 0.6) is 0 Å². The van der Waals surface area contributed by atoms with Crippen molar-refractivity contribution in [1.82, 2.24) is 10.6 Å². The number of carbonyl (C=O) groups excluding carboxylic acids is 3. The van der Waals surface area contributed by atoms with E-state index in [1.54, 1.807) is 0 Å². The molecule has 1 aliphatic heterocycles. The Kier molecular flexibility index (Phi) is 11.4. The number of allylic oxidation sites excluding steroid dienone is 2. The maximum atomic E-state index is 11.6. The van der Waals surface area contributed by atoms with Crippen molar-refractivity contribution in [2.75, 3.05) is 19.7 Å². The largest absolute Gasteiger partial charge is 0.466 e. The highest BCUT2D eigenvalue weighted by Crippen LogP contribution is 2.07. The molecule has 0 aromatic carbocycles. The zero-order valence-electron chi connectivity index (χ0n) is 14.5. The number of rotatable bonds is 0. The van der Waals surface area contributed by atoms with Gasteiger partial charge in [-0.25, -0.2) is 0 Å². The predicted octanol–water partition coefficient (Wildman–Crippen LogP) is 2.23. The van der Waals surface area contributed by atoms with Gasteiger partial charge in [0, 0.05) is 19.5 Å². The van der Waals surface area contributed by atoms with Crippen LogP contribution in [0.2, 0.25) is 0 Å². The molecular formula is C18H30N2O4. The first-order valence-corrected chi connectivity index (χ1v) is 9.07. The summed E-state index contributed by atoms with van der Waals surface area (Å²) in [6.07, 6.45) is 13.4. The van der Waals surface area contributed by atoms with Gasteiger partial charge in [-0.2, -0.15) is 0 Å². The summed E-state index contributed by atoms with van der Waals surface area (Å²) < 4.78 is 5.10. The molecule has 0 aliphatic carbocycles. The van der Waals surface area contributed by atoms with Crippen LogP contribution < -0.4 is 10.6 Å². The summed E-state index contributed by atoms with van der Waals surface area (Å²) in [6.45, 7) is 1.10. The zero-order valence-corrected chi connectivity index (χ0v) is 14.5. The van der Waals surface area contributed by atoms with Gasteiger partial charge in [-0.15, -0.1) is 0 Å². The smallest absolute Gasteiger partial charge is 0.309 e. The lowest BCUT2D eigenvalue weighted by Gasteiger charge is -2.07. The highest BCUT2D eigenvalue weighted by molar-refractivity contribution is 6.35. The molecule has 2 amide bonds. The molecule has 2 N–H and O–H groups in total. The Balaban J connectivity index is 2.32. The molecule has 0 saturated heterocycles. The molecule has 136 valence electrons. The van der Waals surface area contributed by atoms with Crippen molar-refractivity contribution in [2.45, 2.75) is 64.2 Å². The Morgan fingerprint density at radius 3 is 2.00 bits per heavy atom. The van der Waals surface area contributed by atoms with E-state index in [0.29, 0.717) is 25.9 Å². The van der Waals surface area contributed by atoms with Gasteiger partial charge in [-0.3, -0.25) is 14.4 Å². The number of hydrogen-bond acceptors (Lipinski definition) is 4. The molecule has 1 aliphatic rings. The third-order valence-electron chi connectivity index (χ3n) is 3.83. The maximum absolute atomic E-state index is 11.6. The SMILES string of the molecule is O=C1CCCCCC/C=C\CCCCNC(=O)C(=O)NCCCO1. The second-order valence-corrected chi connectivity index (χ2v) is 6.01. The molecule has 6 nitrogen and oxygen atoms in total. The maximum Gasteiger partial charge on any atom is 0.309 e. The molecule has 0 spiro atoms. The van der Waals surface area contributed by atoms with Crippen molar-refractivity contribution in [1.29, 1.82) is 0 Å². The van der Waals surface area contributed by atoms with Crippen LogP contribution in [-0.2, 0) is 19.1 Å². The molecule has 0 aromatic rings. The molecule has 0 atom stereocenters. The van der Waals surface area contributed by atoms with E-state index in [4.69, 9.17) is 4.74 Å². The number of amides is 2. The summed E-state index contributed by atoms with van der Waals surface area (Å²) in [7, 11) is 0. The van der Waals surface area contributed by atoms with Gasteiger partial charge in [0.15, 0.2) is 0 Å². The number of nitrogens with one attached hydrogen (secondary N) is 2. The van der Waals surface area contributed by atoms with Crippen LogP contribution in [0.15, 0.2) is 12.2 Å². The highest BCUT2D eigenvalue weighted by atomic mass is 16.5. The van der Waals surface area contributed by atoms with E-state index in [1.165, 1.54) is 0 Å². The standard InChI is InChI=1S/C18H30N2O4/c21-16-12-9-7-5-3-1-2-4-6-8-10-13-19-17(22)18(23)20-14-11-15-24-16/h2,4H,1,3,5-15H2,(H,19,22)(H,20,23)/b4-2-. The Hall–Kier alpha value is -1.85. The van der Waals surface area contributed by atoms with Crippen LogP contribution in [-0.4, -0.2) is 37.5 Å². The Morgan fingerprint density at radius 2 is 1.29 bits per heavy atom. The number of ether oxygens (including phenoxy) is 1. The third-order valence-corrected chi connectivity index (χ3v) is 3.83. The lowest BCUT2D eigenvalue weighted by molar-refractivity contribution is -0.144. The van der Waals surface area contributed by atoms with E-state index in [1.807, 2.05) is 0 Å². The first kappa shape index (κ1) is 20.2. The minimum Gasteiger partial charge on any atom is -0.466 e. The molecular weight excluding hydrogens is 308 g/mol. The van der Waals surface area contributed by atoms with Gasteiger partial charge in [0.1, 0.15) is 0 Å². The van der Waals surface area contributed by atoms with Gasteiger partial charge in [-0.1, -0.05) is 25.0 Å². The summed E-state index contributed by atoms with van der Waals surface area (Å²) in [5, 5.41) is 5.13. The fourth-order valence-corrected chi connectivity index (χ4v) is 2.40. The van der Waals surface area contributed by atoms with Crippen LogP contribution in [0, 0.1) is 0 Å². The van der Waals surface area contributed by atoms with Crippen molar-refractivity contribution in [3.8, 4) is 0 Å². The van der Waals surface area contributed by atoms with Crippen LogP contribution in [0.1, 0.15) is 64.2 Å². The Bertz CT molecular complexity index is 421. The van der Waals surface area contributed by atoms with Crippen molar-refractivity contribution in [3.63, 3.8) is 0 Å². The number of carbonyl (C=O) groups is 3. The van der Waals surface area contributed by atoms with Crippen LogP contribution in [0.3, 0.4) is 0 Å². The molecule has 0 unspecified atom stereocenters. The van der Waals surface area contributed by atoms with Gasteiger partial charge < -0.3 is 15.4 Å². The van der Waals surface area contributed by atoms with E-state index in [9.17, 15) is 14.4 Å². The van der Waals surface area contributed by atoms with E-state index < -0.39 is 11.8 Å². The Morgan fingerprint density at radius 1 is 0.708 bits per heavy atom. The highest BCUT2D eigenvalue weighted by Gasteiger charge is 2.11. The van der Waals surface area contributed by atoms with Crippen molar-refractivity contribution in [2.24, 2.45) is 0 Å². The number of esters is 1. The summed E-state index contributed by atoms with van der Waals surface area (Å²) in [5.74, 6) is -1.43. The molecule has 0 saturated carbocycles. The molecule has 0 bridgehead atoms. The van der Waals surface area contributed by atoms with Crippen molar-refractivity contribution in [3.05, 3.63) is 12.2 Å². The van der Waals surface area contributed by atoms with E-state index in [0.717, 1.165) is 51.4 Å². The van der Waals surface area contributed by atoms with Crippen molar-refractivity contribution < 1.29 is 19.1 Å². The van der Waals surface area contributed by atoms with Crippen molar-refractivity contribution >= 4 is 17.8 Å². The van der Waals surface area contributed by atoms with Gasteiger partial charge in [0.25, 0.3) is 0 Å². The average Bonchev–Trinajstić information content (AvgIpc) is 2.57. The lowest BCUT2D eigenvalue weighted by atomic mass is 10.1. The molecule has 0 fully saturated rings. The van der Waals surface area contributed by atoms with Crippen LogP contribution >= 0.6 is 0 Å². The quantitative estimate of drug-likeness (QED) is 0.403. The fourth-order valence-electron chi connectivity index (χ4n) is 2.40. The van der Waals surface area contributed by atoms with Gasteiger partial charge >= 0.3 is 17.8 Å². The molecule has 0 radical (unpaired) electrons. The summed E-state index contributed by atoms with van der Waals surface area (Å²) in [5.41, 5.74) is 0. The first-order chi connectivity index (χ1) is 11.7. The first-order valence-electron chi connectivity index (χ1n) is 9.07. The minimum atomic E-state index is -0.632.